The number of aromatic hydroxyl groups is 2. The number of ether oxygens (including phenoxy) is 1. The molecular formula is C23H34N6O4. The van der Waals surface area contributed by atoms with E-state index in [9.17, 15) is 15.3 Å². The van der Waals surface area contributed by atoms with Gasteiger partial charge in [-0.05, 0) is 38.3 Å². The first-order valence-electron chi connectivity index (χ1n) is 11.2. The van der Waals surface area contributed by atoms with E-state index in [1.165, 1.54) is 7.11 Å². The quantitative estimate of drug-likeness (QED) is 0.288. The van der Waals surface area contributed by atoms with E-state index in [1.807, 2.05) is 6.92 Å². The second-order valence-corrected chi connectivity index (χ2v) is 8.59. The molecule has 2 aliphatic heterocycles. The number of aromatic nitrogens is 4. The lowest BCUT2D eigenvalue weighted by atomic mass is 10.1. The van der Waals surface area contributed by atoms with E-state index in [0.29, 0.717) is 23.0 Å². The van der Waals surface area contributed by atoms with E-state index in [4.69, 9.17) is 9.72 Å². The van der Waals surface area contributed by atoms with Gasteiger partial charge in [0, 0.05) is 18.2 Å². The molecule has 2 heterocycles. The zero-order valence-corrected chi connectivity index (χ0v) is 20.0. The first-order valence-corrected chi connectivity index (χ1v) is 11.2. The summed E-state index contributed by atoms with van der Waals surface area (Å²) in [5, 5.41) is 45.7. The van der Waals surface area contributed by atoms with Crippen molar-refractivity contribution in [1.29, 1.82) is 0 Å². The summed E-state index contributed by atoms with van der Waals surface area (Å²) < 4.78 is 7.10. The summed E-state index contributed by atoms with van der Waals surface area (Å²) in [5.41, 5.74) is 2.82. The van der Waals surface area contributed by atoms with Crippen LogP contribution in [0.25, 0.3) is 11.4 Å². The third-order valence-corrected chi connectivity index (χ3v) is 5.61. The summed E-state index contributed by atoms with van der Waals surface area (Å²) in [4.78, 5) is 4.79. The Labute approximate surface area is 194 Å². The number of phenols is 2. The van der Waals surface area contributed by atoms with Crippen LogP contribution in [0.15, 0.2) is 12.1 Å². The van der Waals surface area contributed by atoms with Crippen molar-refractivity contribution in [2.45, 2.75) is 65.6 Å². The van der Waals surface area contributed by atoms with Crippen molar-refractivity contribution in [3.63, 3.8) is 0 Å². The molecule has 1 aromatic rings. The molecule has 2 aliphatic rings. The van der Waals surface area contributed by atoms with Crippen molar-refractivity contribution in [2.24, 2.45) is 0 Å². The van der Waals surface area contributed by atoms with Gasteiger partial charge in [0.2, 0.25) is 11.7 Å². The number of methoxy groups -OCH3 is 1. The maximum atomic E-state index is 10.4. The van der Waals surface area contributed by atoms with Crippen LogP contribution >= 0.6 is 0 Å². The topological polar surface area (TPSA) is 138 Å². The van der Waals surface area contributed by atoms with Crippen LogP contribution in [0.4, 0.5) is 11.8 Å². The fourth-order valence-electron chi connectivity index (χ4n) is 3.70. The lowest BCUT2D eigenvalue weighted by molar-refractivity contribution is 0.271. The van der Waals surface area contributed by atoms with Crippen molar-refractivity contribution in [3.05, 3.63) is 23.4 Å². The summed E-state index contributed by atoms with van der Waals surface area (Å²) in [6, 6.07) is 3.17. The van der Waals surface area contributed by atoms with Crippen molar-refractivity contribution in [3.8, 4) is 28.6 Å². The molecular weight excluding hydrogens is 424 g/mol. The number of rotatable bonds is 10. The van der Waals surface area contributed by atoms with Crippen molar-refractivity contribution in [1.82, 2.24) is 19.7 Å². The average molecular weight is 459 g/mol. The average Bonchev–Trinajstić information content (AvgIpc) is 3.23. The van der Waals surface area contributed by atoms with Crippen LogP contribution in [0.5, 0.6) is 17.2 Å². The molecule has 5 N–H and O–H groups in total. The molecule has 1 aromatic carbocycles. The SMILES string of the molecule is CCC(CO)Nc1nc(NCc2ccc(OC)c(O)c2O)c2nnc(C(C)C)c-2n1C(C)C. The number of aliphatic hydroxyl groups excluding tert-OH is 1. The second kappa shape index (κ2) is 10.1. The molecule has 0 spiro atoms. The van der Waals surface area contributed by atoms with Gasteiger partial charge in [-0.25, -0.2) is 0 Å². The fraction of sp³-hybridized carbons (Fsp3) is 0.522. The molecule has 10 heteroatoms. The standard InChI is InChI=1S/C23H34N6O4/c1-7-15(11-30)25-23-26-22(24-10-14-8-9-16(33-6)21(32)20(14)31)18-19(29(23)13(4)5)17(12(2)3)27-28-18/h8-9,12-13,15,24,30-32H,7,10-11H2,1-6H3,(H,25,26). The Morgan fingerprint density at radius 3 is 2.39 bits per heavy atom. The highest BCUT2D eigenvalue weighted by Crippen LogP contribution is 2.40. The van der Waals surface area contributed by atoms with Crippen LogP contribution in [-0.2, 0) is 6.54 Å². The Morgan fingerprint density at radius 2 is 1.82 bits per heavy atom. The van der Waals surface area contributed by atoms with Crippen molar-refractivity contribution < 1.29 is 20.1 Å². The molecule has 0 radical (unpaired) electrons. The highest BCUT2D eigenvalue weighted by atomic mass is 16.5. The number of nitrogens with zero attached hydrogens (tertiary/aromatic N) is 4. The van der Waals surface area contributed by atoms with E-state index in [2.05, 4.69) is 53.1 Å². The van der Waals surface area contributed by atoms with Gasteiger partial charge < -0.3 is 35.3 Å². The van der Waals surface area contributed by atoms with Crippen LogP contribution < -0.4 is 15.4 Å². The molecule has 0 amide bonds. The van der Waals surface area contributed by atoms with Gasteiger partial charge in [-0.3, -0.25) is 0 Å². The summed E-state index contributed by atoms with van der Waals surface area (Å²) in [5.74, 6) is 0.856. The molecule has 10 nitrogen and oxygen atoms in total. The van der Waals surface area contributed by atoms with E-state index in [0.717, 1.165) is 17.8 Å². The number of anilines is 2. The summed E-state index contributed by atoms with van der Waals surface area (Å²) >= 11 is 0. The monoisotopic (exact) mass is 458 g/mol. The van der Waals surface area contributed by atoms with Gasteiger partial charge in [0.05, 0.1) is 31.1 Å². The van der Waals surface area contributed by atoms with Crippen LogP contribution in [0.1, 0.15) is 64.3 Å². The largest absolute Gasteiger partial charge is 0.504 e. The van der Waals surface area contributed by atoms with Crippen molar-refractivity contribution >= 4 is 11.8 Å². The molecule has 0 fully saturated rings. The van der Waals surface area contributed by atoms with Crippen LogP contribution in [0.3, 0.4) is 0 Å². The zero-order chi connectivity index (χ0) is 24.3. The molecule has 0 saturated heterocycles. The molecule has 1 unspecified atom stereocenters. The Kier molecular flexibility index (Phi) is 7.47. The van der Waals surface area contributed by atoms with Gasteiger partial charge in [-0.2, -0.15) is 10.1 Å². The zero-order valence-electron chi connectivity index (χ0n) is 20.0. The lowest BCUT2D eigenvalue weighted by Gasteiger charge is -2.26. The number of aliphatic hydroxyl groups is 1. The second-order valence-electron chi connectivity index (χ2n) is 8.59. The number of fused-ring (bicyclic) bond motifs is 1. The van der Waals surface area contributed by atoms with Gasteiger partial charge in [-0.15, -0.1) is 5.10 Å². The van der Waals surface area contributed by atoms with E-state index in [-0.39, 0.29) is 48.4 Å². The van der Waals surface area contributed by atoms with Crippen LogP contribution in [0.2, 0.25) is 0 Å². The minimum atomic E-state index is -0.313. The first kappa shape index (κ1) is 24.4. The van der Waals surface area contributed by atoms with Gasteiger partial charge in [0.25, 0.3) is 0 Å². The Bertz CT molecular complexity index is 1060. The molecule has 3 rings (SSSR count). The van der Waals surface area contributed by atoms with Gasteiger partial charge >= 0.3 is 0 Å². The Balaban J connectivity index is 2.09. The number of hydrogen-bond acceptors (Lipinski definition) is 9. The van der Waals surface area contributed by atoms with Gasteiger partial charge in [0.1, 0.15) is 0 Å². The van der Waals surface area contributed by atoms with Crippen molar-refractivity contribution in [2.75, 3.05) is 24.4 Å². The number of benzene rings is 1. The van der Waals surface area contributed by atoms with E-state index >= 15 is 0 Å². The van der Waals surface area contributed by atoms with Gasteiger partial charge in [-0.1, -0.05) is 20.8 Å². The van der Waals surface area contributed by atoms with E-state index in [1.54, 1.807) is 12.1 Å². The summed E-state index contributed by atoms with van der Waals surface area (Å²) in [6.45, 7) is 10.4. The predicted molar refractivity (Wildman–Crippen MR) is 127 cm³/mol. The number of phenolic OH excluding ortho intramolecular Hbond substituents is 2. The minimum Gasteiger partial charge on any atom is -0.504 e. The molecule has 1 atom stereocenters. The molecule has 0 bridgehead atoms. The molecule has 33 heavy (non-hydrogen) atoms. The molecule has 0 aliphatic carbocycles. The highest BCUT2D eigenvalue weighted by molar-refractivity contribution is 5.75. The summed E-state index contributed by atoms with van der Waals surface area (Å²) in [6.07, 6.45) is 0.727. The third-order valence-electron chi connectivity index (χ3n) is 5.61. The van der Waals surface area contributed by atoms with E-state index < -0.39 is 0 Å². The van der Waals surface area contributed by atoms with Crippen LogP contribution in [0, 0.1) is 0 Å². The Hall–Kier alpha value is -3.27. The van der Waals surface area contributed by atoms with Crippen LogP contribution in [-0.4, -0.2) is 54.8 Å². The number of nitrogens with one attached hydrogen (secondary N) is 2. The molecule has 0 saturated carbocycles. The smallest absolute Gasteiger partial charge is 0.205 e. The fourth-order valence-corrected chi connectivity index (χ4v) is 3.70. The normalized spacial score (nSPS) is 12.5. The first-order chi connectivity index (χ1) is 15.7. The molecule has 180 valence electrons. The maximum Gasteiger partial charge on any atom is 0.205 e. The Morgan fingerprint density at radius 1 is 1.09 bits per heavy atom. The molecule has 0 aromatic heterocycles. The minimum absolute atomic E-state index is 0.0232. The summed E-state index contributed by atoms with van der Waals surface area (Å²) in [7, 11) is 1.42. The highest BCUT2D eigenvalue weighted by Gasteiger charge is 2.28. The third kappa shape index (κ3) is 4.75. The number of hydrogen-bond donors (Lipinski definition) is 5. The predicted octanol–water partition coefficient (Wildman–Crippen LogP) is 3.70. The lowest BCUT2D eigenvalue weighted by Crippen LogP contribution is -2.27. The maximum absolute atomic E-state index is 10.4. The van der Waals surface area contributed by atoms with Gasteiger partial charge in [0.15, 0.2) is 23.0 Å².